The summed E-state index contributed by atoms with van der Waals surface area (Å²) in [7, 11) is 1.77. The zero-order valence-electron chi connectivity index (χ0n) is 11.2. The van der Waals surface area contributed by atoms with Gasteiger partial charge in [0.2, 0.25) is 11.8 Å². The molecule has 1 rings (SSSR count). The van der Waals surface area contributed by atoms with E-state index in [1.807, 2.05) is 20.8 Å². The van der Waals surface area contributed by atoms with Crippen molar-refractivity contribution >= 4 is 11.8 Å². The molecule has 0 aliphatic carbocycles. The largest absolute Gasteiger partial charge is 0.342 e. The molecular formula is C12H23N3O2. The summed E-state index contributed by atoms with van der Waals surface area (Å²) in [4.78, 5) is 27.2. The van der Waals surface area contributed by atoms with Crippen molar-refractivity contribution in [2.75, 3.05) is 26.7 Å². The number of likely N-dealkylation sites (N-methyl/N-ethyl adjacent to an activating group) is 1. The number of carbonyl (C=O) groups is 2. The van der Waals surface area contributed by atoms with Crippen LogP contribution in [0.25, 0.3) is 0 Å². The molecule has 1 heterocycles. The fraction of sp³-hybridized carbons (Fsp3) is 0.833. The van der Waals surface area contributed by atoms with Gasteiger partial charge in [-0.1, -0.05) is 0 Å². The third-order valence-corrected chi connectivity index (χ3v) is 3.23. The van der Waals surface area contributed by atoms with Crippen LogP contribution < -0.4 is 5.32 Å². The highest BCUT2D eigenvalue weighted by atomic mass is 16.2. The molecule has 5 nitrogen and oxygen atoms in total. The Hall–Kier alpha value is -1.10. The van der Waals surface area contributed by atoms with Gasteiger partial charge in [0.1, 0.15) is 0 Å². The molecule has 0 bridgehead atoms. The smallest absolute Gasteiger partial charge is 0.242 e. The molecule has 1 atom stereocenters. The van der Waals surface area contributed by atoms with Crippen molar-refractivity contribution in [1.82, 2.24) is 15.1 Å². The molecule has 1 fully saturated rings. The number of hydrogen-bond donors (Lipinski definition) is 1. The Labute approximate surface area is 103 Å². The third-order valence-electron chi connectivity index (χ3n) is 3.23. The second-order valence-electron chi connectivity index (χ2n) is 4.89. The minimum Gasteiger partial charge on any atom is -0.342 e. The van der Waals surface area contributed by atoms with Crippen molar-refractivity contribution < 1.29 is 9.59 Å². The minimum absolute atomic E-state index is 0.00227. The molecule has 0 aromatic rings. The Kier molecular flexibility index (Phi) is 4.93. The summed E-state index contributed by atoms with van der Waals surface area (Å²) in [6.07, 6.45) is 0.898. The lowest BCUT2D eigenvalue weighted by molar-refractivity contribution is -0.141. The Morgan fingerprint density at radius 2 is 2.24 bits per heavy atom. The van der Waals surface area contributed by atoms with Gasteiger partial charge in [0.25, 0.3) is 0 Å². The number of nitrogens with zero attached hydrogens (tertiary/aromatic N) is 2. The van der Waals surface area contributed by atoms with Crippen LogP contribution in [0, 0.1) is 0 Å². The highest BCUT2D eigenvalue weighted by Gasteiger charge is 2.25. The molecule has 17 heavy (non-hydrogen) atoms. The lowest BCUT2D eigenvalue weighted by atomic mass is 10.3. The van der Waals surface area contributed by atoms with Gasteiger partial charge >= 0.3 is 0 Å². The highest BCUT2D eigenvalue weighted by Crippen LogP contribution is 2.04. The molecule has 0 spiro atoms. The fourth-order valence-electron chi connectivity index (χ4n) is 1.78. The fourth-order valence-corrected chi connectivity index (χ4v) is 1.78. The van der Waals surface area contributed by atoms with Gasteiger partial charge in [0, 0.05) is 19.6 Å². The van der Waals surface area contributed by atoms with E-state index >= 15 is 0 Å². The summed E-state index contributed by atoms with van der Waals surface area (Å²) in [5.74, 6) is 0.0236. The highest BCUT2D eigenvalue weighted by molar-refractivity contribution is 5.87. The van der Waals surface area contributed by atoms with Crippen molar-refractivity contribution in [1.29, 1.82) is 0 Å². The lowest BCUT2D eigenvalue weighted by Crippen LogP contribution is -2.47. The minimum atomic E-state index is -0.186. The zero-order chi connectivity index (χ0) is 13.0. The molecule has 1 aliphatic rings. The Morgan fingerprint density at radius 1 is 1.59 bits per heavy atom. The molecule has 1 aliphatic heterocycles. The van der Waals surface area contributed by atoms with Gasteiger partial charge in [-0.15, -0.1) is 0 Å². The van der Waals surface area contributed by atoms with E-state index in [0.717, 1.165) is 13.0 Å². The number of amides is 2. The molecule has 0 radical (unpaired) electrons. The van der Waals surface area contributed by atoms with E-state index in [1.165, 1.54) is 0 Å². The van der Waals surface area contributed by atoms with Gasteiger partial charge in [-0.3, -0.25) is 9.59 Å². The first kappa shape index (κ1) is 14.0. The Balaban J connectivity index is 2.60. The average Bonchev–Trinajstić information content (AvgIpc) is 2.43. The molecule has 1 saturated heterocycles. The maximum atomic E-state index is 12.0. The van der Waals surface area contributed by atoms with Crippen LogP contribution in [0.2, 0.25) is 0 Å². The van der Waals surface area contributed by atoms with E-state index in [2.05, 4.69) is 5.32 Å². The van der Waals surface area contributed by atoms with Crippen LogP contribution in [-0.2, 0) is 9.59 Å². The summed E-state index contributed by atoms with van der Waals surface area (Å²) in [5.41, 5.74) is 0. The molecule has 5 heteroatoms. The summed E-state index contributed by atoms with van der Waals surface area (Å²) < 4.78 is 0. The van der Waals surface area contributed by atoms with E-state index in [-0.39, 0.29) is 30.4 Å². The number of rotatable bonds is 3. The molecular weight excluding hydrogens is 218 g/mol. The molecule has 0 aromatic heterocycles. The zero-order valence-corrected chi connectivity index (χ0v) is 11.2. The lowest BCUT2D eigenvalue weighted by Gasteiger charge is -2.27. The van der Waals surface area contributed by atoms with Crippen molar-refractivity contribution in [3.05, 3.63) is 0 Å². The van der Waals surface area contributed by atoms with E-state index in [0.29, 0.717) is 6.54 Å². The first-order valence-corrected chi connectivity index (χ1v) is 6.21. The van der Waals surface area contributed by atoms with Gasteiger partial charge < -0.3 is 15.1 Å². The van der Waals surface area contributed by atoms with Crippen molar-refractivity contribution in [3.8, 4) is 0 Å². The molecule has 1 unspecified atom stereocenters. The normalized spacial score (nSPS) is 21.6. The van der Waals surface area contributed by atoms with E-state index in [1.54, 1.807) is 16.8 Å². The first-order chi connectivity index (χ1) is 7.93. The molecule has 0 saturated carbocycles. The van der Waals surface area contributed by atoms with Crippen molar-refractivity contribution in [3.63, 3.8) is 0 Å². The quantitative estimate of drug-likeness (QED) is 0.760. The summed E-state index contributed by atoms with van der Waals surface area (Å²) in [6.45, 7) is 7.46. The Bertz CT molecular complexity index is 291. The number of carbonyl (C=O) groups excluding carboxylic acids is 2. The van der Waals surface area contributed by atoms with Gasteiger partial charge in [0.05, 0.1) is 12.6 Å². The van der Waals surface area contributed by atoms with Crippen LogP contribution in [0.3, 0.4) is 0 Å². The Morgan fingerprint density at radius 3 is 2.82 bits per heavy atom. The SMILES string of the molecule is CC1NCCCN(CC(=O)N(C)C(C)C)C1=O. The predicted molar refractivity (Wildman–Crippen MR) is 66.6 cm³/mol. The molecule has 1 N–H and O–H groups in total. The second kappa shape index (κ2) is 6.00. The van der Waals surface area contributed by atoms with Crippen LogP contribution in [0.5, 0.6) is 0 Å². The van der Waals surface area contributed by atoms with Gasteiger partial charge in [0.15, 0.2) is 0 Å². The van der Waals surface area contributed by atoms with Gasteiger partial charge in [-0.05, 0) is 33.7 Å². The third kappa shape index (κ3) is 3.70. The molecule has 0 aromatic carbocycles. The van der Waals surface area contributed by atoms with Crippen LogP contribution in [-0.4, -0.2) is 60.4 Å². The van der Waals surface area contributed by atoms with E-state index < -0.39 is 0 Å². The van der Waals surface area contributed by atoms with Gasteiger partial charge in [-0.25, -0.2) is 0 Å². The predicted octanol–water partition coefficient (Wildman–Crippen LogP) is 0.0636. The van der Waals surface area contributed by atoms with Crippen LogP contribution in [0.1, 0.15) is 27.2 Å². The van der Waals surface area contributed by atoms with Crippen molar-refractivity contribution in [2.24, 2.45) is 0 Å². The second-order valence-corrected chi connectivity index (χ2v) is 4.89. The summed E-state index contributed by atoms with van der Waals surface area (Å²) in [5, 5.41) is 3.13. The monoisotopic (exact) mass is 241 g/mol. The standard InChI is InChI=1S/C12H23N3O2/c1-9(2)14(4)11(16)8-15-7-5-6-13-10(3)12(15)17/h9-10,13H,5-8H2,1-4H3. The topological polar surface area (TPSA) is 52.7 Å². The molecule has 98 valence electrons. The number of hydrogen-bond acceptors (Lipinski definition) is 3. The molecule has 2 amide bonds. The van der Waals surface area contributed by atoms with E-state index in [4.69, 9.17) is 0 Å². The maximum Gasteiger partial charge on any atom is 0.242 e. The maximum absolute atomic E-state index is 12.0. The summed E-state index contributed by atoms with van der Waals surface area (Å²) >= 11 is 0. The van der Waals surface area contributed by atoms with Gasteiger partial charge in [-0.2, -0.15) is 0 Å². The average molecular weight is 241 g/mol. The first-order valence-electron chi connectivity index (χ1n) is 6.21. The van der Waals surface area contributed by atoms with E-state index in [9.17, 15) is 9.59 Å². The van der Waals surface area contributed by atoms with Crippen LogP contribution in [0.4, 0.5) is 0 Å². The van der Waals surface area contributed by atoms with Crippen LogP contribution in [0.15, 0.2) is 0 Å². The van der Waals surface area contributed by atoms with Crippen molar-refractivity contribution in [2.45, 2.75) is 39.3 Å². The number of nitrogens with one attached hydrogen (secondary N) is 1. The summed E-state index contributed by atoms with van der Waals surface area (Å²) in [6, 6.07) is -0.0187. The van der Waals surface area contributed by atoms with Crippen LogP contribution >= 0.6 is 0 Å².